The number of para-hydroxylation sites is 2. The molecule has 22 heavy (non-hydrogen) atoms. The number of anilines is 2. The molecule has 1 N–H and O–H groups in total. The third-order valence-corrected chi connectivity index (χ3v) is 4.02. The summed E-state index contributed by atoms with van der Waals surface area (Å²) in [5.74, 6) is -0.402. The van der Waals surface area contributed by atoms with Crippen LogP contribution in [0.25, 0.3) is 0 Å². The molecule has 0 spiro atoms. The van der Waals surface area contributed by atoms with Crippen molar-refractivity contribution >= 4 is 46.4 Å². The van der Waals surface area contributed by atoms with Crippen LogP contribution in [0.4, 0.5) is 11.4 Å². The average molecular weight is 335 g/mol. The number of carbonyl (C=O) groups is 2. The topological polar surface area (TPSA) is 49.4 Å². The fourth-order valence-corrected chi connectivity index (χ4v) is 2.85. The summed E-state index contributed by atoms with van der Waals surface area (Å²) in [6.45, 7) is 0.00105. The Kier molecular flexibility index (Phi) is 4.05. The van der Waals surface area contributed by atoms with Crippen LogP contribution in [0.5, 0.6) is 0 Å². The largest absolute Gasteiger partial charge is 0.323 e. The number of amides is 2. The highest BCUT2D eigenvalue weighted by atomic mass is 35.5. The lowest BCUT2D eigenvalue weighted by molar-refractivity contribution is -0.121. The molecule has 1 heterocycles. The van der Waals surface area contributed by atoms with Gasteiger partial charge in [0, 0.05) is 10.0 Å². The molecule has 4 nitrogen and oxygen atoms in total. The highest BCUT2D eigenvalue weighted by Gasteiger charge is 2.26. The summed E-state index contributed by atoms with van der Waals surface area (Å²) < 4.78 is 0. The van der Waals surface area contributed by atoms with E-state index in [1.807, 2.05) is 12.1 Å². The summed E-state index contributed by atoms with van der Waals surface area (Å²) in [4.78, 5) is 25.8. The van der Waals surface area contributed by atoms with Crippen LogP contribution >= 0.6 is 23.2 Å². The van der Waals surface area contributed by atoms with Crippen molar-refractivity contribution in [3.05, 3.63) is 58.1 Å². The van der Waals surface area contributed by atoms with Crippen molar-refractivity contribution in [2.45, 2.75) is 6.42 Å². The second-order valence-corrected chi connectivity index (χ2v) is 5.80. The zero-order chi connectivity index (χ0) is 15.7. The average Bonchev–Trinajstić information content (AvgIpc) is 2.49. The maximum atomic E-state index is 12.6. The van der Waals surface area contributed by atoms with Crippen LogP contribution in [-0.2, 0) is 16.0 Å². The van der Waals surface area contributed by atoms with Crippen LogP contribution < -0.4 is 10.2 Å². The van der Waals surface area contributed by atoms with E-state index in [-0.39, 0.29) is 24.8 Å². The van der Waals surface area contributed by atoms with E-state index in [0.717, 1.165) is 0 Å². The van der Waals surface area contributed by atoms with E-state index in [2.05, 4.69) is 5.32 Å². The lowest BCUT2D eigenvalue weighted by Crippen LogP contribution is -2.42. The number of fused-ring (bicyclic) bond motifs is 1. The van der Waals surface area contributed by atoms with Crippen molar-refractivity contribution in [2.75, 3.05) is 16.8 Å². The predicted octanol–water partition coefficient (Wildman–Crippen LogP) is 3.52. The molecule has 6 heteroatoms. The highest BCUT2D eigenvalue weighted by molar-refractivity contribution is 6.35. The molecular formula is C16H12Cl2N2O2. The molecular weight excluding hydrogens is 323 g/mol. The standard InChI is InChI=1S/C16H12Cl2N2O2/c17-11-6-5-10(12(18)8-11)7-16(22)20-9-15(21)19-13-3-1-2-4-14(13)20/h1-6,8H,7,9H2,(H,19,21). The van der Waals surface area contributed by atoms with Crippen LogP contribution in [0.2, 0.25) is 10.0 Å². The summed E-state index contributed by atoms with van der Waals surface area (Å²) in [7, 11) is 0. The van der Waals surface area contributed by atoms with Gasteiger partial charge in [-0.3, -0.25) is 9.59 Å². The molecule has 112 valence electrons. The Labute approximate surface area is 137 Å². The Morgan fingerprint density at radius 1 is 1.18 bits per heavy atom. The molecule has 2 aromatic carbocycles. The van der Waals surface area contributed by atoms with Crippen LogP contribution in [0, 0.1) is 0 Å². The number of hydrogen-bond acceptors (Lipinski definition) is 2. The van der Waals surface area contributed by atoms with Crippen molar-refractivity contribution in [1.29, 1.82) is 0 Å². The number of nitrogens with zero attached hydrogens (tertiary/aromatic N) is 1. The third kappa shape index (κ3) is 2.93. The zero-order valence-electron chi connectivity index (χ0n) is 11.5. The first-order chi connectivity index (χ1) is 10.5. The second-order valence-electron chi connectivity index (χ2n) is 4.96. The van der Waals surface area contributed by atoms with Gasteiger partial charge in [-0.15, -0.1) is 0 Å². The van der Waals surface area contributed by atoms with Gasteiger partial charge in [0.15, 0.2) is 0 Å². The Morgan fingerprint density at radius 3 is 2.73 bits per heavy atom. The summed E-state index contributed by atoms with van der Waals surface area (Å²) >= 11 is 12.0. The molecule has 0 bridgehead atoms. The van der Waals surface area contributed by atoms with Crippen LogP contribution in [-0.4, -0.2) is 18.4 Å². The summed E-state index contributed by atoms with van der Waals surface area (Å²) in [5.41, 5.74) is 2.01. The lowest BCUT2D eigenvalue weighted by atomic mass is 10.1. The molecule has 0 saturated heterocycles. The fourth-order valence-electron chi connectivity index (χ4n) is 2.38. The smallest absolute Gasteiger partial charge is 0.244 e. The van der Waals surface area contributed by atoms with E-state index < -0.39 is 0 Å². The quantitative estimate of drug-likeness (QED) is 0.913. The number of halogens is 2. The SMILES string of the molecule is O=C1CN(C(=O)Cc2ccc(Cl)cc2Cl)c2ccccc2N1. The normalized spacial score (nSPS) is 13.5. The minimum absolute atomic E-state index is 0.00105. The van der Waals surface area contributed by atoms with Gasteiger partial charge in [-0.05, 0) is 29.8 Å². The predicted molar refractivity (Wildman–Crippen MR) is 87.6 cm³/mol. The number of benzene rings is 2. The molecule has 2 amide bonds. The Morgan fingerprint density at radius 2 is 1.95 bits per heavy atom. The Hall–Kier alpha value is -2.04. The number of rotatable bonds is 2. The first-order valence-corrected chi connectivity index (χ1v) is 7.43. The lowest BCUT2D eigenvalue weighted by Gasteiger charge is -2.29. The van der Waals surface area contributed by atoms with E-state index in [4.69, 9.17) is 23.2 Å². The monoisotopic (exact) mass is 334 g/mol. The minimum Gasteiger partial charge on any atom is -0.323 e. The van der Waals surface area contributed by atoms with Gasteiger partial charge < -0.3 is 10.2 Å². The van der Waals surface area contributed by atoms with Crippen molar-refractivity contribution in [2.24, 2.45) is 0 Å². The van der Waals surface area contributed by atoms with Gasteiger partial charge in [-0.25, -0.2) is 0 Å². The van der Waals surface area contributed by atoms with E-state index >= 15 is 0 Å². The molecule has 0 aromatic heterocycles. The zero-order valence-corrected chi connectivity index (χ0v) is 13.0. The third-order valence-electron chi connectivity index (χ3n) is 3.43. The van der Waals surface area contributed by atoms with Crippen molar-refractivity contribution in [3.8, 4) is 0 Å². The molecule has 0 aliphatic carbocycles. The van der Waals surface area contributed by atoms with Gasteiger partial charge in [-0.1, -0.05) is 41.4 Å². The van der Waals surface area contributed by atoms with Crippen molar-refractivity contribution < 1.29 is 9.59 Å². The maximum absolute atomic E-state index is 12.6. The van der Waals surface area contributed by atoms with Gasteiger partial charge in [-0.2, -0.15) is 0 Å². The molecule has 1 aliphatic heterocycles. The fraction of sp³-hybridized carbons (Fsp3) is 0.125. The Bertz CT molecular complexity index is 762. The number of carbonyl (C=O) groups excluding carboxylic acids is 2. The maximum Gasteiger partial charge on any atom is 0.244 e. The number of hydrogen-bond donors (Lipinski definition) is 1. The van der Waals surface area contributed by atoms with E-state index in [1.165, 1.54) is 4.90 Å². The molecule has 0 unspecified atom stereocenters. The molecule has 1 aliphatic rings. The summed E-state index contributed by atoms with van der Waals surface area (Å²) in [6.07, 6.45) is 0.109. The van der Waals surface area contributed by atoms with Crippen LogP contribution in [0.1, 0.15) is 5.56 Å². The van der Waals surface area contributed by atoms with Crippen LogP contribution in [0.3, 0.4) is 0 Å². The molecule has 0 radical (unpaired) electrons. The first-order valence-electron chi connectivity index (χ1n) is 6.68. The first kappa shape index (κ1) is 14.9. The van der Waals surface area contributed by atoms with Gasteiger partial charge in [0.25, 0.3) is 0 Å². The van der Waals surface area contributed by atoms with Gasteiger partial charge in [0.2, 0.25) is 11.8 Å². The molecule has 3 rings (SSSR count). The van der Waals surface area contributed by atoms with Crippen molar-refractivity contribution in [3.63, 3.8) is 0 Å². The van der Waals surface area contributed by atoms with Gasteiger partial charge in [0.1, 0.15) is 6.54 Å². The van der Waals surface area contributed by atoms with Crippen LogP contribution in [0.15, 0.2) is 42.5 Å². The molecule has 2 aromatic rings. The van der Waals surface area contributed by atoms with E-state index in [9.17, 15) is 9.59 Å². The molecule has 0 fully saturated rings. The van der Waals surface area contributed by atoms with E-state index in [1.54, 1.807) is 30.3 Å². The molecule has 0 saturated carbocycles. The summed E-state index contributed by atoms with van der Waals surface area (Å²) in [6, 6.07) is 12.2. The van der Waals surface area contributed by atoms with Crippen molar-refractivity contribution in [1.82, 2.24) is 0 Å². The summed E-state index contributed by atoms with van der Waals surface area (Å²) in [5, 5.41) is 3.71. The Balaban J connectivity index is 1.88. The highest BCUT2D eigenvalue weighted by Crippen LogP contribution is 2.30. The van der Waals surface area contributed by atoms with E-state index in [0.29, 0.717) is 27.0 Å². The molecule has 0 atom stereocenters. The van der Waals surface area contributed by atoms with Gasteiger partial charge in [0.05, 0.1) is 17.8 Å². The number of nitrogens with one attached hydrogen (secondary N) is 1. The van der Waals surface area contributed by atoms with Gasteiger partial charge >= 0.3 is 0 Å². The minimum atomic E-state index is -0.214. The second kappa shape index (κ2) is 5.99.